The lowest BCUT2D eigenvalue weighted by atomic mass is 9.75. The van der Waals surface area contributed by atoms with E-state index in [0.717, 1.165) is 30.5 Å². The van der Waals surface area contributed by atoms with Crippen molar-refractivity contribution in [1.82, 2.24) is 4.98 Å². The highest BCUT2D eigenvalue weighted by atomic mass is 15.2. The molecule has 3 heteroatoms. The van der Waals surface area contributed by atoms with Crippen LogP contribution in [0.1, 0.15) is 33.6 Å². The normalized spacial score (nSPS) is 18.4. The summed E-state index contributed by atoms with van der Waals surface area (Å²) in [6.45, 7) is 9.15. The van der Waals surface area contributed by atoms with E-state index < -0.39 is 0 Å². The van der Waals surface area contributed by atoms with E-state index in [0.29, 0.717) is 5.41 Å². The van der Waals surface area contributed by atoms with Crippen LogP contribution in [0.2, 0.25) is 0 Å². The van der Waals surface area contributed by atoms with Crippen molar-refractivity contribution in [1.29, 1.82) is 0 Å². The smallest absolute Gasteiger partial charge is 0.151 e. The van der Waals surface area contributed by atoms with Gasteiger partial charge in [-0.3, -0.25) is 0 Å². The zero-order chi connectivity index (χ0) is 12.5. The van der Waals surface area contributed by atoms with Crippen molar-refractivity contribution in [3.05, 3.63) is 18.3 Å². The quantitative estimate of drug-likeness (QED) is 0.811. The summed E-state index contributed by atoms with van der Waals surface area (Å²) in [6.07, 6.45) is 4.29. The van der Waals surface area contributed by atoms with E-state index in [4.69, 9.17) is 5.73 Å². The van der Waals surface area contributed by atoms with Gasteiger partial charge in [-0.15, -0.1) is 0 Å². The lowest BCUT2D eigenvalue weighted by molar-refractivity contribution is 0.199. The van der Waals surface area contributed by atoms with Crippen LogP contribution >= 0.6 is 0 Å². The Balaban J connectivity index is 2.03. The summed E-state index contributed by atoms with van der Waals surface area (Å²) in [5, 5.41) is 0. The first-order valence-electron chi connectivity index (χ1n) is 6.44. The maximum atomic E-state index is 5.97. The minimum absolute atomic E-state index is 0.418. The van der Waals surface area contributed by atoms with Crippen LogP contribution in [0.5, 0.6) is 0 Å². The Morgan fingerprint density at radius 1 is 1.29 bits per heavy atom. The third-order valence-electron chi connectivity index (χ3n) is 3.84. The van der Waals surface area contributed by atoms with Gasteiger partial charge in [-0.2, -0.15) is 0 Å². The number of piperidine rings is 1. The average Bonchev–Trinajstić information content (AvgIpc) is 2.29. The first-order chi connectivity index (χ1) is 7.98. The molecule has 2 heterocycles. The van der Waals surface area contributed by atoms with Crippen LogP contribution in [0.25, 0.3) is 0 Å². The Morgan fingerprint density at radius 3 is 2.47 bits per heavy atom. The Kier molecular flexibility index (Phi) is 3.27. The second-order valence-corrected chi connectivity index (χ2v) is 6.04. The summed E-state index contributed by atoms with van der Waals surface area (Å²) in [5.41, 5.74) is 7.18. The SMILES string of the molecule is CC(C)(C)C1CCN(c2ncccc2N)CC1. The third-order valence-corrected chi connectivity index (χ3v) is 3.84. The molecule has 1 saturated heterocycles. The number of aromatic nitrogens is 1. The third kappa shape index (κ3) is 2.71. The van der Waals surface area contributed by atoms with Crippen LogP contribution in [0.4, 0.5) is 11.5 Å². The summed E-state index contributed by atoms with van der Waals surface area (Å²) in [5.74, 6) is 1.77. The van der Waals surface area contributed by atoms with E-state index >= 15 is 0 Å². The van der Waals surface area contributed by atoms with Crippen LogP contribution in [-0.2, 0) is 0 Å². The first-order valence-corrected chi connectivity index (χ1v) is 6.44. The Labute approximate surface area is 104 Å². The van der Waals surface area contributed by atoms with Crippen molar-refractivity contribution in [2.45, 2.75) is 33.6 Å². The fourth-order valence-corrected chi connectivity index (χ4v) is 2.63. The van der Waals surface area contributed by atoms with Crippen molar-refractivity contribution in [2.24, 2.45) is 11.3 Å². The summed E-state index contributed by atoms with van der Waals surface area (Å²) in [4.78, 5) is 6.71. The maximum absolute atomic E-state index is 5.97. The monoisotopic (exact) mass is 233 g/mol. The average molecular weight is 233 g/mol. The molecule has 0 atom stereocenters. The van der Waals surface area contributed by atoms with Crippen LogP contribution < -0.4 is 10.6 Å². The highest BCUT2D eigenvalue weighted by molar-refractivity contribution is 5.62. The molecule has 2 rings (SSSR count). The largest absolute Gasteiger partial charge is 0.396 e. The zero-order valence-electron chi connectivity index (χ0n) is 11.1. The molecular weight excluding hydrogens is 210 g/mol. The number of nitrogen functional groups attached to an aromatic ring is 1. The minimum Gasteiger partial charge on any atom is -0.396 e. The second kappa shape index (κ2) is 4.55. The highest BCUT2D eigenvalue weighted by Crippen LogP contribution is 2.35. The molecule has 1 aromatic rings. The number of nitrogens with two attached hydrogens (primary N) is 1. The molecule has 2 N–H and O–H groups in total. The van der Waals surface area contributed by atoms with Crippen molar-refractivity contribution >= 4 is 11.5 Å². The lowest BCUT2D eigenvalue weighted by Crippen LogP contribution is -2.38. The molecule has 0 amide bonds. The molecule has 0 bridgehead atoms. The molecule has 1 fully saturated rings. The summed E-state index contributed by atoms with van der Waals surface area (Å²) in [7, 11) is 0. The maximum Gasteiger partial charge on any atom is 0.151 e. The van der Waals surface area contributed by atoms with Gasteiger partial charge >= 0.3 is 0 Å². The molecule has 3 nitrogen and oxygen atoms in total. The topological polar surface area (TPSA) is 42.2 Å². The van der Waals surface area contributed by atoms with E-state index in [1.165, 1.54) is 12.8 Å². The van der Waals surface area contributed by atoms with Crippen molar-refractivity contribution < 1.29 is 0 Å². The molecule has 94 valence electrons. The molecule has 0 radical (unpaired) electrons. The van der Waals surface area contributed by atoms with Gasteiger partial charge in [0, 0.05) is 19.3 Å². The molecule has 0 unspecified atom stereocenters. The standard InChI is InChI=1S/C14H23N3/c1-14(2,3)11-6-9-17(10-7-11)13-12(15)5-4-8-16-13/h4-5,8,11H,6-7,9-10,15H2,1-3H3. The molecule has 1 aliphatic rings. The predicted molar refractivity (Wildman–Crippen MR) is 73.0 cm³/mol. The van der Waals surface area contributed by atoms with E-state index in [9.17, 15) is 0 Å². The molecule has 0 spiro atoms. The minimum atomic E-state index is 0.418. The van der Waals surface area contributed by atoms with Crippen molar-refractivity contribution in [2.75, 3.05) is 23.7 Å². The fourth-order valence-electron chi connectivity index (χ4n) is 2.63. The van der Waals surface area contributed by atoms with E-state index in [-0.39, 0.29) is 0 Å². The zero-order valence-corrected chi connectivity index (χ0v) is 11.1. The number of hydrogen-bond donors (Lipinski definition) is 1. The highest BCUT2D eigenvalue weighted by Gasteiger charge is 2.29. The van der Waals surface area contributed by atoms with Gasteiger partial charge in [0.2, 0.25) is 0 Å². The van der Waals surface area contributed by atoms with E-state index in [1.807, 2.05) is 18.3 Å². The molecule has 1 aliphatic heterocycles. The van der Waals surface area contributed by atoms with E-state index in [2.05, 4.69) is 30.7 Å². The van der Waals surface area contributed by atoms with Crippen molar-refractivity contribution in [3.8, 4) is 0 Å². The number of hydrogen-bond acceptors (Lipinski definition) is 3. The molecule has 0 aromatic carbocycles. The molecule has 0 aliphatic carbocycles. The summed E-state index contributed by atoms with van der Waals surface area (Å²) in [6, 6.07) is 3.82. The van der Waals surface area contributed by atoms with Gasteiger partial charge in [0.15, 0.2) is 5.82 Å². The van der Waals surface area contributed by atoms with Gasteiger partial charge in [-0.1, -0.05) is 20.8 Å². The van der Waals surface area contributed by atoms with Crippen LogP contribution in [0, 0.1) is 11.3 Å². The lowest BCUT2D eigenvalue weighted by Gasteiger charge is -2.39. The Bertz CT molecular complexity index is 373. The van der Waals surface area contributed by atoms with Gasteiger partial charge in [0.25, 0.3) is 0 Å². The molecular formula is C14H23N3. The summed E-state index contributed by atoms with van der Waals surface area (Å²) < 4.78 is 0. The van der Waals surface area contributed by atoms with Gasteiger partial charge in [-0.25, -0.2) is 4.98 Å². The molecule has 0 saturated carbocycles. The van der Waals surface area contributed by atoms with Crippen LogP contribution in [0.15, 0.2) is 18.3 Å². The van der Waals surface area contributed by atoms with Gasteiger partial charge in [0.05, 0.1) is 5.69 Å². The first kappa shape index (κ1) is 12.2. The van der Waals surface area contributed by atoms with Crippen LogP contribution in [0.3, 0.4) is 0 Å². The van der Waals surface area contributed by atoms with Crippen LogP contribution in [-0.4, -0.2) is 18.1 Å². The number of nitrogens with zero attached hydrogens (tertiary/aromatic N) is 2. The number of rotatable bonds is 1. The van der Waals surface area contributed by atoms with E-state index in [1.54, 1.807) is 0 Å². The molecule has 17 heavy (non-hydrogen) atoms. The van der Waals surface area contributed by atoms with Crippen molar-refractivity contribution in [3.63, 3.8) is 0 Å². The molecule has 1 aromatic heterocycles. The van der Waals surface area contributed by atoms with Gasteiger partial charge in [0.1, 0.15) is 0 Å². The van der Waals surface area contributed by atoms with Gasteiger partial charge < -0.3 is 10.6 Å². The summed E-state index contributed by atoms with van der Waals surface area (Å²) >= 11 is 0. The second-order valence-electron chi connectivity index (χ2n) is 6.04. The predicted octanol–water partition coefficient (Wildman–Crippen LogP) is 2.93. The number of pyridine rings is 1. The van der Waals surface area contributed by atoms with Gasteiger partial charge in [-0.05, 0) is 36.3 Å². The Hall–Kier alpha value is -1.25. The fraction of sp³-hybridized carbons (Fsp3) is 0.643. The Morgan fingerprint density at radius 2 is 1.94 bits per heavy atom. The number of anilines is 2.